The number of hydrogen-bond acceptors (Lipinski definition) is 0. The van der Waals surface area contributed by atoms with Gasteiger partial charge in [-0.3, -0.25) is 0 Å². The lowest BCUT2D eigenvalue weighted by atomic mass is 9.77. The number of benzene rings is 1. The van der Waals surface area contributed by atoms with Crippen molar-refractivity contribution in [3.05, 3.63) is 35.6 Å². The molecular weight excluding hydrogens is 279 g/mol. The van der Waals surface area contributed by atoms with E-state index in [0.29, 0.717) is 5.41 Å². The summed E-state index contributed by atoms with van der Waals surface area (Å²) in [5.74, 6) is -0.150. The van der Waals surface area contributed by atoms with Crippen LogP contribution in [-0.2, 0) is 6.42 Å². The maximum atomic E-state index is 12.9. The summed E-state index contributed by atoms with van der Waals surface area (Å²) < 4.78 is 12.9. The predicted molar refractivity (Wildman–Crippen MR) is 76.1 cm³/mol. The molecule has 0 bridgehead atoms. The van der Waals surface area contributed by atoms with Crippen molar-refractivity contribution >= 4 is 15.9 Å². The van der Waals surface area contributed by atoms with Crippen molar-refractivity contribution in [1.82, 2.24) is 0 Å². The van der Waals surface area contributed by atoms with Gasteiger partial charge in [0.1, 0.15) is 5.82 Å². The van der Waals surface area contributed by atoms with Crippen LogP contribution in [0.25, 0.3) is 0 Å². The first kappa shape index (κ1) is 14.7. The first-order chi connectivity index (χ1) is 8.15. The Hall–Kier alpha value is -0.370. The first-order valence-corrected chi connectivity index (χ1v) is 7.58. The monoisotopic (exact) mass is 300 g/mol. The Bertz CT molecular complexity index is 314. The van der Waals surface area contributed by atoms with Crippen molar-refractivity contribution in [2.75, 3.05) is 5.33 Å². The minimum absolute atomic E-state index is 0.150. The Morgan fingerprint density at radius 2 is 1.82 bits per heavy atom. The van der Waals surface area contributed by atoms with E-state index < -0.39 is 0 Å². The molecule has 0 saturated heterocycles. The zero-order chi connectivity index (χ0) is 12.7. The molecule has 0 aromatic heterocycles. The van der Waals surface area contributed by atoms with Crippen molar-refractivity contribution in [2.45, 2.75) is 46.0 Å². The van der Waals surface area contributed by atoms with Gasteiger partial charge < -0.3 is 0 Å². The van der Waals surface area contributed by atoms with E-state index in [1.54, 1.807) is 12.1 Å². The summed E-state index contributed by atoms with van der Waals surface area (Å²) in [6, 6.07) is 6.94. The summed E-state index contributed by atoms with van der Waals surface area (Å²) in [7, 11) is 0. The number of halogens is 2. The third kappa shape index (κ3) is 4.42. The molecule has 0 heterocycles. The summed E-state index contributed by atoms with van der Waals surface area (Å²) in [6.45, 7) is 4.48. The molecule has 0 fully saturated rings. The molecule has 1 rings (SSSR count). The summed E-state index contributed by atoms with van der Waals surface area (Å²) in [5.41, 5.74) is 1.57. The highest BCUT2D eigenvalue weighted by molar-refractivity contribution is 9.09. The smallest absolute Gasteiger partial charge is 0.123 e. The molecule has 0 saturated carbocycles. The highest BCUT2D eigenvalue weighted by Gasteiger charge is 2.26. The maximum Gasteiger partial charge on any atom is 0.123 e. The van der Waals surface area contributed by atoms with E-state index in [0.717, 1.165) is 18.2 Å². The van der Waals surface area contributed by atoms with E-state index in [4.69, 9.17) is 0 Å². The van der Waals surface area contributed by atoms with Crippen molar-refractivity contribution in [3.63, 3.8) is 0 Å². The number of hydrogen-bond donors (Lipinski definition) is 0. The molecule has 1 aromatic rings. The van der Waals surface area contributed by atoms with E-state index >= 15 is 0 Å². The van der Waals surface area contributed by atoms with Gasteiger partial charge in [0.2, 0.25) is 0 Å². The number of alkyl halides is 1. The fraction of sp³-hybridized carbons (Fsp3) is 0.600. The normalized spacial score (nSPS) is 14.6. The van der Waals surface area contributed by atoms with Crippen LogP contribution in [0.5, 0.6) is 0 Å². The van der Waals surface area contributed by atoms with Gasteiger partial charge in [-0.15, -0.1) is 0 Å². The van der Waals surface area contributed by atoms with Crippen LogP contribution in [0.15, 0.2) is 24.3 Å². The van der Waals surface area contributed by atoms with Gasteiger partial charge in [-0.1, -0.05) is 54.8 Å². The fourth-order valence-electron chi connectivity index (χ4n) is 2.19. The van der Waals surface area contributed by atoms with Crippen LogP contribution < -0.4 is 0 Å². The molecule has 1 unspecified atom stereocenters. The first-order valence-electron chi connectivity index (χ1n) is 6.46. The summed E-state index contributed by atoms with van der Waals surface area (Å²) >= 11 is 3.66. The van der Waals surface area contributed by atoms with Gasteiger partial charge in [0.05, 0.1) is 0 Å². The van der Waals surface area contributed by atoms with Gasteiger partial charge >= 0.3 is 0 Å². The molecule has 0 spiro atoms. The van der Waals surface area contributed by atoms with Crippen LogP contribution in [0.1, 0.15) is 45.1 Å². The lowest BCUT2D eigenvalue weighted by Gasteiger charge is -2.31. The van der Waals surface area contributed by atoms with Crippen LogP contribution in [0.4, 0.5) is 4.39 Å². The second-order valence-electron chi connectivity index (χ2n) is 4.89. The zero-order valence-corrected chi connectivity index (χ0v) is 12.4. The molecule has 0 nitrogen and oxygen atoms in total. The van der Waals surface area contributed by atoms with E-state index in [1.165, 1.54) is 24.8 Å². The standard InChI is InChI=1S/C15H22BrF/c1-3-5-10-15(4-2,12-16)11-13-6-8-14(17)9-7-13/h6-9H,3-5,10-12H2,1-2H3. The van der Waals surface area contributed by atoms with E-state index in [-0.39, 0.29) is 5.82 Å². The van der Waals surface area contributed by atoms with Gasteiger partial charge in [-0.25, -0.2) is 4.39 Å². The largest absolute Gasteiger partial charge is 0.207 e. The molecule has 96 valence electrons. The fourth-order valence-corrected chi connectivity index (χ4v) is 3.06. The van der Waals surface area contributed by atoms with Gasteiger partial charge in [0.15, 0.2) is 0 Å². The maximum absolute atomic E-state index is 12.9. The molecule has 2 heteroatoms. The van der Waals surface area contributed by atoms with Gasteiger partial charge in [-0.05, 0) is 42.4 Å². The summed E-state index contributed by atoms with van der Waals surface area (Å²) in [4.78, 5) is 0. The lowest BCUT2D eigenvalue weighted by molar-refractivity contribution is 0.284. The Morgan fingerprint density at radius 1 is 1.18 bits per heavy atom. The molecule has 17 heavy (non-hydrogen) atoms. The molecule has 0 amide bonds. The Morgan fingerprint density at radius 3 is 2.29 bits per heavy atom. The van der Waals surface area contributed by atoms with E-state index in [9.17, 15) is 4.39 Å². The average Bonchev–Trinajstić information content (AvgIpc) is 2.37. The average molecular weight is 301 g/mol. The SMILES string of the molecule is CCCCC(CC)(CBr)Cc1ccc(F)cc1. The van der Waals surface area contributed by atoms with E-state index in [2.05, 4.69) is 29.8 Å². The van der Waals surface area contributed by atoms with Crippen molar-refractivity contribution in [2.24, 2.45) is 5.41 Å². The molecule has 0 aliphatic heterocycles. The molecular formula is C15H22BrF. The van der Waals surface area contributed by atoms with Crippen molar-refractivity contribution in [3.8, 4) is 0 Å². The Kier molecular flexibility index (Phi) is 6.18. The second-order valence-corrected chi connectivity index (χ2v) is 5.45. The van der Waals surface area contributed by atoms with Crippen LogP contribution >= 0.6 is 15.9 Å². The highest BCUT2D eigenvalue weighted by atomic mass is 79.9. The van der Waals surface area contributed by atoms with Gasteiger partial charge in [0.25, 0.3) is 0 Å². The lowest BCUT2D eigenvalue weighted by Crippen LogP contribution is -2.24. The molecule has 0 aliphatic carbocycles. The van der Waals surface area contributed by atoms with Crippen LogP contribution in [0.2, 0.25) is 0 Å². The molecule has 1 aromatic carbocycles. The molecule has 1 atom stereocenters. The number of unbranched alkanes of at least 4 members (excludes halogenated alkanes) is 1. The van der Waals surface area contributed by atoms with Crippen molar-refractivity contribution in [1.29, 1.82) is 0 Å². The predicted octanol–water partition coefficient (Wildman–Crippen LogP) is 5.35. The molecule has 0 N–H and O–H groups in total. The summed E-state index contributed by atoms with van der Waals surface area (Å²) in [5, 5.41) is 1.02. The van der Waals surface area contributed by atoms with Gasteiger partial charge in [0, 0.05) is 5.33 Å². The quantitative estimate of drug-likeness (QED) is 0.596. The van der Waals surface area contributed by atoms with Crippen LogP contribution in [-0.4, -0.2) is 5.33 Å². The zero-order valence-electron chi connectivity index (χ0n) is 10.8. The minimum Gasteiger partial charge on any atom is -0.207 e. The van der Waals surface area contributed by atoms with Crippen LogP contribution in [0, 0.1) is 11.2 Å². The van der Waals surface area contributed by atoms with Crippen LogP contribution in [0.3, 0.4) is 0 Å². The third-order valence-electron chi connectivity index (χ3n) is 3.59. The van der Waals surface area contributed by atoms with Gasteiger partial charge in [-0.2, -0.15) is 0 Å². The Labute approximate surface area is 113 Å². The third-order valence-corrected chi connectivity index (χ3v) is 4.78. The molecule has 0 aliphatic rings. The van der Waals surface area contributed by atoms with E-state index in [1.807, 2.05) is 12.1 Å². The number of rotatable bonds is 7. The highest BCUT2D eigenvalue weighted by Crippen LogP contribution is 2.35. The molecule has 0 radical (unpaired) electrons. The second kappa shape index (κ2) is 7.15. The minimum atomic E-state index is -0.150. The summed E-state index contributed by atoms with van der Waals surface area (Å²) in [6.07, 6.45) is 5.94. The topological polar surface area (TPSA) is 0 Å². The Balaban J connectivity index is 2.74. The van der Waals surface area contributed by atoms with Crippen molar-refractivity contribution < 1.29 is 4.39 Å².